The predicted molar refractivity (Wildman–Crippen MR) is 112 cm³/mol. The Bertz CT molecular complexity index is 938. The van der Waals surface area contributed by atoms with Crippen molar-refractivity contribution in [3.8, 4) is 5.75 Å². The normalized spacial score (nSPS) is 11.2. The zero-order valence-corrected chi connectivity index (χ0v) is 17.1. The van der Waals surface area contributed by atoms with Gasteiger partial charge in [0, 0.05) is 18.7 Å². The largest absolute Gasteiger partial charge is 0.497 e. The van der Waals surface area contributed by atoms with Crippen LogP contribution in [-0.4, -0.2) is 49.1 Å². The third-order valence-electron chi connectivity index (χ3n) is 4.69. The molecule has 0 aliphatic rings. The maximum Gasteiger partial charge on any atom is 0.260 e. The van der Waals surface area contributed by atoms with Gasteiger partial charge in [-0.05, 0) is 55.6 Å². The van der Waals surface area contributed by atoms with Crippen LogP contribution >= 0.6 is 11.3 Å². The van der Waals surface area contributed by atoms with E-state index < -0.39 is 0 Å². The lowest BCUT2D eigenvalue weighted by atomic mass is 10.2. The van der Waals surface area contributed by atoms with Crippen LogP contribution in [0.5, 0.6) is 5.75 Å². The van der Waals surface area contributed by atoms with E-state index >= 15 is 0 Å². The van der Waals surface area contributed by atoms with Gasteiger partial charge in [-0.25, -0.2) is 9.37 Å². The Morgan fingerprint density at radius 3 is 2.46 bits per heavy atom. The fourth-order valence-corrected chi connectivity index (χ4v) is 3.97. The van der Waals surface area contributed by atoms with E-state index in [1.54, 1.807) is 12.0 Å². The molecule has 0 aliphatic heterocycles. The van der Waals surface area contributed by atoms with Crippen molar-refractivity contribution in [3.05, 3.63) is 53.8 Å². The molecule has 7 heteroatoms. The Balaban J connectivity index is 1.94. The molecular weight excluding hydrogens is 377 g/mol. The van der Waals surface area contributed by atoms with Gasteiger partial charge in [0.05, 0.1) is 17.3 Å². The second kappa shape index (κ2) is 9.12. The summed E-state index contributed by atoms with van der Waals surface area (Å²) >= 11 is 1.45. The third kappa shape index (κ3) is 4.48. The number of ether oxygens (including phenoxy) is 1. The topological polar surface area (TPSA) is 45.7 Å². The number of nitrogens with zero attached hydrogens (tertiary/aromatic N) is 3. The molecule has 3 rings (SSSR count). The lowest BCUT2D eigenvalue weighted by Crippen LogP contribution is -2.38. The zero-order valence-electron chi connectivity index (χ0n) is 16.3. The van der Waals surface area contributed by atoms with E-state index in [2.05, 4.69) is 23.7 Å². The number of carbonyl (C=O) groups is 1. The minimum atomic E-state index is -0.363. The molecular formula is C21H24FN3O2S. The summed E-state index contributed by atoms with van der Waals surface area (Å²) in [5.41, 5.74) is 1.26. The van der Waals surface area contributed by atoms with Crippen LogP contribution in [0.2, 0.25) is 0 Å². The molecule has 0 aliphatic carbocycles. The summed E-state index contributed by atoms with van der Waals surface area (Å²) in [6, 6.07) is 11.3. The minimum Gasteiger partial charge on any atom is -0.497 e. The fourth-order valence-electron chi connectivity index (χ4n) is 2.95. The van der Waals surface area contributed by atoms with E-state index in [0.717, 1.165) is 35.6 Å². The van der Waals surface area contributed by atoms with Crippen LogP contribution in [-0.2, 0) is 0 Å². The predicted octanol–water partition coefficient (Wildman–Crippen LogP) is 4.43. The van der Waals surface area contributed by atoms with Gasteiger partial charge in [0.25, 0.3) is 5.91 Å². The molecule has 148 valence electrons. The van der Waals surface area contributed by atoms with Crippen molar-refractivity contribution >= 4 is 32.6 Å². The van der Waals surface area contributed by atoms with Crippen LogP contribution in [0, 0.1) is 5.82 Å². The van der Waals surface area contributed by atoms with Crippen molar-refractivity contribution in [2.24, 2.45) is 0 Å². The lowest BCUT2D eigenvalue weighted by Gasteiger charge is -2.24. The standard InChI is InChI=1S/C21H24FN3O2S/c1-4-24(5-2)12-13-25(20(26)15-6-8-16(22)9-7-15)21-23-18-11-10-17(27-3)14-19(18)28-21/h6-11,14H,4-5,12-13H2,1-3H3. The molecule has 0 radical (unpaired) electrons. The van der Waals surface area contributed by atoms with E-state index in [-0.39, 0.29) is 11.7 Å². The number of aromatic nitrogens is 1. The van der Waals surface area contributed by atoms with Gasteiger partial charge in [-0.15, -0.1) is 0 Å². The van der Waals surface area contributed by atoms with E-state index in [9.17, 15) is 9.18 Å². The Labute approximate surface area is 168 Å². The number of fused-ring (bicyclic) bond motifs is 1. The molecule has 1 aromatic heterocycles. The highest BCUT2D eigenvalue weighted by molar-refractivity contribution is 7.22. The second-order valence-electron chi connectivity index (χ2n) is 6.32. The smallest absolute Gasteiger partial charge is 0.260 e. The van der Waals surface area contributed by atoms with Gasteiger partial charge in [0.2, 0.25) is 0 Å². The Morgan fingerprint density at radius 2 is 1.82 bits per heavy atom. The minimum absolute atomic E-state index is 0.182. The van der Waals surface area contributed by atoms with Gasteiger partial charge in [-0.3, -0.25) is 9.69 Å². The van der Waals surface area contributed by atoms with Gasteiger partial charge in [-0.2, -0.15) is 0 Å². The molecule has 3 aromatic rings. The molecule has 2 aromatic carbocycles. The molecule has 0 spiro atoms. The monoisotopic (exact) mass is 401 g/mol. The molecule has 0 saturated carbocycles. The van der Waals surface area contributed by atoms with Crippen LogP contribution in [0.1, 0.15) is 24.2 Å². The number of anilines is 1. The molecule has 28 heavy (non-hydrogen) atoms. The molecule has 0 N–H and O–H groups in total. The number of hydrogen-bond donors (Lipinski definition) is 0. The summed E-state index contributed by atoms with van der Waals surface area (Å²) in [5.74, 6) is 0.207. The maximum atomic E-state index is 13.3. The molecule has 0 atom stereocenters. The maximum absolute atomic E-state index is 13.3. The van der Waals surface area contributed by atoms with Crippen molar-refractivity contribution in [2.75, 3.05) is 38.2 Å². The number of carbonyl (C=O) groups excluding carboxylic acids is 1. The fraction of sp³-hybridized carbons (Fsp3) is 0.333. The molecule has 0 saturated heterocycles. The first-order chi connectivity index (χ1) is 13.5. The number of rotatable bonds is 8. The number of thiazole rings is 1. The summed E-state index contributed by atoms with van der Waals surface area (Å²) in [6.45, 7) is 7.26. The Kier molecular flexibility index (Phi) is 6.59. The van der Waals surface area contributed by atoms with Crippen molar-refractivity contribution in [2.45, 2.75) is 13.8 Å². The summed E-state index contributed by atoms with van der Waals surface area (Å²) in [6.07, 6.45) is 0. The van der Waals surface area contributed by atoms with Crippen molar-refractivity contribution < 1.29 is 13.9 Å². The Hall–Kier alpha value is -2.51. The number of hydrogen-bond acceptors (Lipinski definition) is 5. The van der Waals surface area contributed by atoms with E-state index in [0.29, 0.717) is 17.2 Å². The molecule has 1 amide bonds. The molecule has 0 bridgehead atoms. The summed E-state index contributed by atoms with van der Waals surface area (Å²) in [4.78, 5) is 21.8. The average molecular weight is 402 g/mol. The zero-order chi connectivity index (χ0) is 20.1. The highest BCUT2D eigenvalue weighted by Crippen LogP contribution is 2.32. The molecule has 0 fully saturated rings. The van der Waals surface area contributed by atoms with Gasteiger partial charge in [0.15, 0.2) is 5.13 Å². The van der Waals surface area contributed by atoms with Crippen molar-refractivity contribution in [3.63, 3.8) is 0 Å². The summed E-state index contributed by atoms with van der Waals surface area (Å²) < 4.78 is 19.5. The third-order valence-corrected chi connectivity index (χ3v) is 5.73. The summed E-state index contributed by atoms with van der Waals surface area (Å²) in [5, 5.41) is 0.629. The van der Waals surface area contributed by atoms with Gasteiger partial charge < -0.3 is 9.64 Å². The van der Waals surface area contributed by atoms with Crippen molar-refractivity contribution in [1.82, 2.24) is 9.88 Å². The first-order valence-corrected chi connectivity index (χ1v) is 10.1. The average Bonchev–Trinajstić information content (AvgIpc) is 3.14. The highest BCUT2D eigenvalue weighted by atomic mass is 32.1. The van der Waals surface area contributed by atoms with Gasteiger partial charge in [0.1, 0.15) is 11.6 Å². The second-order valence-corrected chi connectivity index (χ2v) is 7.33. The van der Waals surface area contributed by atoms with E-state index in [1.165, 1.54) is 35.6 Å². The number of methoxy groups -OCH3 is 1. The number of halogens is 1. The first kappa shape index (κ1) is 20.2. The lowest BCUT2D eigenvalue weighted by molar-refractivity contribution is 0.0983. The molecule has 1 heterocycles. The molecule has 0 unspecified atom stereocenters. The van der Waals surface area contributed by atoms with Crippen LogP contribution < -0.4 is 9.64 Å². The SMILES string of the molecule is CCN(CC)CCN(C(=O)c1ccc(F)cc1)c1nc2ccc(OC)cc2s1. The van der Waals surface area contributed by atoms with Crippen LogP contribution in [0.15, 0.2) is 42.5 Å². The number of likely N-dealkylation sites (N-methyl/N-ethyl adjacent to an activating group) is 1. The van der Waals surface area contributed by atoms with Gasteiger partial charge >= 0.3 is 0 Å². The number of benzene rings is 2. The van der Waals surface area contributed by atoms with Crippen molar-refractivity contribution in [1.29, 1.82) is 0 Å². The highest BCUT2D eigenvalue weighted by Gasteiger charge is 2.22. The Morgan fingerprint density at radius 1 is 1.11 bits per heavy atom. The van der Waals surface area contributed by atoms with Gasteiger partial charge in [-0.1, -0.05) is 25.2 Å². The van der Waals surface area contributed by atoms with Crippen LogP contribution in [0.25, 0.3) is 10.2 Å². The van der Waals surface area contributed by atoms with Crippen LogP contribution in [0.3, 0.4) is 0 Å². The molecule has 5 nitrogen and oxygen atoms in total. The van der Waals surface area contributed by atoms with E-state index in [1.807, 2.05) is 18.2 Å². The first-order valence-electron chi connectivity index (χ1n) is 9.30. The quantitative estimate of drug-likeness (QED) is 0.560. The van der Waals surface area contributed by atoms with Crippen LogP contribution in [0.4, 0.5) is 9.52 Å². The summed E-state index contributed by atoms with van der Waals surface area (Å²) in [7, 11) is 1.62. The van der Waals surface area contributed by atoms with E-state index in [4.69, 9.17) is 4.74 Å². The number of amides is 1.